The first-order chi connectivity index (χ1) is 8.35. The highest BCUT2D eigenvalue weighted by molar-refractivity contribution is 7.98. The highest BCUT2D eigenvalue weighted by atomic mass is 32.2. The Morgan fingerprint density at radius 2 is 2.22 bits per heavy atom. The van der Waals surface area contributed by atoms with Crippen molar-refractivity contribution in [1.29, 1.82) is 0 Å². The van der Waals surface area contributed by atoms with Crippen molar-refractivity contribution in [3.05, 3.63) is 33.9 Å². The zero-order chi connectivity index (χ0) is 13.8. The number of hydrogen-bond acceptors (Lipinski definition) is 5. The van der Waals surface area contributed by atoms with Gasteiger partial charge < -0.3 is 10.4 Å². The molecule has 0 radical (unpaired) electrons. The monoisotopic (exact) mass is 270 g/mol. The maximum absolute atomic E-state index is 10.7. The quantitative estimate of drug-likeness (QED) is 0.613. The van der Waals surface area contributed by atoms with Gasteiger partial charge in [0.25, 0.3) is 5.69 Å². The zero-order valence-electron chi connectivity index (χ0n) is 10.8. The van der Waals surface area contributed by atoms with Crippen molar-refractivity contribution < 1.29 is 10.0 Å². The first-order valence-corrected chi connectivity index (χ1v) is 6.95. The maximum atomic E-state index is 10.7. The van der Waals surface area contributed by atoms with Gasteiger partial charge in [0.2, 0.25) is 0 Å². The van der Waals surface area contributed by atoms with Crippen LogP contribution in [0.25, 0.3) is 0 Å². The van der Waals surface area contributed by atoms with Gasteiger partial charge in [-0.2, -0.15) is 11.8 Å². The molecular weight excluding hydrogens is 252 g/mol. The summed E-state index contributed by atoms with van der Waals surface area (Å²) in [6, 6.07) is 4.84. The van der Waals surface area contributed by atoms with Crippen molar-refractivity contribution in [2.45, 2.75) is 19.4 Å². The van der Waals surface area contributed by atoms with E-state index in [-0.39, 0.29) is 5.69 Å². The Morgan fingerprint density at radius 3 is 2.72 bits per heavy atom. The summed E-state index contributed by atoms with van der Waals surface area (Å²) in [5.74, 6) is 0.631. The van der Waals surface area contributed by atoms with E-state index in [1.165, 1.54) is 6.07 Å². The molecule has 1 aromatic carbocycles. The van der Waals surface area contributed by atoms with Crippen LogP contribution in [0.15, 0.2) is 18.2 Å². The second kappa shape index (κ2) is 6.06. The van der Waals surface area contributed by atoms with Gasteiger partial charge in [-0.3, -0.25) is 10.1 Å². The molecule has 100 valence electrons. The summed E-state index contributed by atoms with van der Waals surface area (Å²) < 4.78 is 0. The molecule has 1 atom stereocenters. The van der Waals surface area contributed by atoms with E-state index in [1.807, 2.05) is 6.26 Å². The molecule has 2 N–H and O–H groups in total. The SMILES string of the molecule is CSC[C@](C)(O)CNc1ccc([N+](=O)[O-])c(C)c1. The first-order valence-electron chi connectivity index (χ1n) is 5.56. The molecule has 0 aliphatic heterocycles. The van der Waals surface area contributed by atoms with E-state index in [4.69, 9.17) is 0 Å². The Bertz CT molecular complexity index is 435. The third-order valence-electron chi connectivity index (χ3n) is 2.52. The molecule has 0 saturated carbocycles. The number of nitro benzene ring substituents is 1. The topological polar surface area (TPSA) is 75.4 Å². The maximum Gasteiger partial charge on any atom is 0.272 e. The van der Waals surface area contributed by atoms with E-state index >= 15 is 0 Å². The standard InChI is InChI=1S/C12H18N2O3S/c1-9-6-10(4-5-11(9)14(16)17)13-7-12(2,15)8-18-3/h4-6,13,15H,7-8H2,1-3H3/t12-/m1/s1. The Labute approximate surface area is 111 Å². The smallest absolute Gasteiger partial charge is 0.272 e. The van der Waals surface area contributed by atoms with Gasteiger partial charge in [-0.1, -0.05) is 0 Å². The minimum atomic E-state index is -0.797. The number of aliphatic hydroxyl groups is 1. The van der Waals surface area contributed by atoms with Gasteiger partial charge in [0.05, 0.1) is 10.5 Å². The van der Waals surface area contributed by atoms with Crippen LogP contribution in [0.2, 0.25) is 0 Å². The fourth-order valence-electron chi connectivity index (χ4n) is 1.62. The normalized spacial score (nSPS) is 14.0. The molecule has 0 aliphatic rings. The molecular formula is C12H18N2O3S. The average Bonchev–Trinajstić information content (AvgIpc) is 2.26. The lowest BCUT2D eigenvalue weighted by Crippen LogP contribution is -2.36. The fraction of sp³-hybridized carbons (Fsp3) is 0.500. The Hall–Kier alpha value is -1.27. The van der Waals surface area contributed by atoms with Crippen LogP contribution in [-0.2, 0) is 0 Å². The van der Waals surface area contributed by atoms with E-state index in [9.17, 15) is 15.2 Å². The number of rotatable bonds is 6. The lowest BCUT2D eigenvalue weighted by molar-refractivity contribution is -0.385. The predicted octanol–water partition coefficient (Wildman–Crippen LogP) is 2.43. The lowest BCUT2D eigenvalue weighted by atomic mass is 10.1. The number of benzene rings is 1. The molecule has 0 heterocycles. The number of nitrogens with zero attached hydrogens (tertiary/aromatic N) is 1. The van der Waals surface area contributed by atoms with Crippen molar-refractivity contribution in [2.75, 3.05) is 23.9 Å². The summed E-state index contributed by atoms with van der Waals surface area (Å²) in [4.78, 5) is 10.3. The van der Waals surface area contributed by atoms with Gasteiger partial charge >= 0.3 is 0 Å². The first kappa shape index (κ1) is 14.8. The fourth-order valence-corrected chi connectivity index (χ4v) is 2.35. The molecule has 0 spiro atoms. The van der Waals surface area contributed by atoms with Gasteiger partial charge in [-0.15, -0.1) is 0 Å². The van der Waals surface area contributed by atoms with Gasteiger partial charge in [0.15, 0.2) is 0 Å². The highest BCUT2D eigenvalue weighted by Gasteiger charge is 2.19. The Balaban J connectivity index is 2.70. The third-order valence-corrected chi connectivity index (χ3v) is 3.43. The Morgan fingerprint density at radius 1 is 1.56 bits per heavy atom. The van der Waals surface area contributed by atoms with Crippen molar-refractivity contribution in [3.63, 3.8) is 0 Å². The second-order valence-electron chi connectivity index (χ2n) is 4.54. The summed E-state index contributed by atoms with van der Waals surface area (Å²) in [6.45, 7) is 3.86. The van der Waals surface area contributed by atoms with Crippen LogP contribution in [0.4, 0.5) is 11.4 Å². The van der Waals surface area contributed by atoms with Crippen molar-refractivity contribution in [2.24, 2.45) is 0 Å². The molecule has 0 aromatic heterocycles. The summed E-state index contributed by atoms with van der Waals surface area (Å²) in [5.41, 5.74) is 0.695. The van der Waals surface area contributed by atoms with Crippen LogP contribution in [-0.4, -0.2) is 34.2 Å². The number of hydrogen-bond donors (Lipinski definition) is 2. The average molecular weight is 270 g/mol. The number of anilines is 1. The van der Waals surface area contributed by atoms with Gasteiger partial charge in [-0.05, 0) is 32.2 Å². The highest BCUT2D eigenvalue weighted by Crippen LogP contribution is 2.22. The number of nitro groups is 1. The van der Waals surface area contributed by atoms with Crippen molar-refractivity contribution in [3.8, 4) is 0 Å². The largest absolute Gasteiger partial charge is 0.387 e. The molecule has 6 heteroatoms. The molecule has 0 amide bonds. The van der Waals surface area contributed by atoms with E-state index in [2.05, 4.69) is 5.32 Å². The predicted molar refractivity (Wildman–Crippen MR) is 75.3 cm³/mol. The second-order valence-corrected chi connectivity index (χ2v) is 5.41. The summed E-state index contributed by atoms with van der Waals surface area (Å²) in [6.07, 6.45) is 1.94. The minimum absolute atomic E-state index is 0.108. The minimum Gasteiger partial charge on any atom is -0.387 e. The van der Waals surface area contributed by atoms with E-state index < -0.39 is 10.5 Å². The van der Waals surface area contributed by atoms with Crippen LogP contribution in [0.1, 0.15) is 12.5 Å². The zero-order valence-corrected chi connectivity index (χ0v) is 11.6. The molecule has 18 heavy (non-hydrogen) atoms. The van der Waals surface area contributed by atoms with E-state index in [1.54, 1.807) is 37.7 Å². The molecule has 1 aromatic rings. The summed E-state index contributed by atoms with van der Waals surface area (Å²) in [5, 5.41) is 23.8. The molecule has 0 aliphatic carbocycles. The van der Waals surface area contributed by atoms with Crippen LogP contribution < -0.4 is 5.32 Å². The summed E-state index contributed by atoms with van der Waals surface area (Å²) in [7, 11) is 0. The number of nitrogens with one attached hydrogen (secondary N) is 1. The molecule has 0 fully saturated rings. The lowest BCUT2D eigenvalue weighted by Gasteiger charge is -2.23. The van der Waals surface area contributed by atoms with E-state index in [0.29, 0.717) is 17.9 Å². The summed E-state index contributed by atoms with van der Waals surface area (Å²) >= 11 is 1.57. The number of thioether (sulfide) groups is 1. The van der Waals surface area contributed by atoms with Crippen molar-refractivity contribution in [1.82, 2.24) is 0 Å². The Kier molecular flexibility index (Phi) is 4.98. The van der Waals surface area contributed by atoms with Gasteiger partial charge in [0.1, 0.15) is 0 Å². The molecule has 1 rings (SSSR count). The van der Waals surface area contributed by atoms with Crippen molar-refractivity contribution >= 4 is 23.1 Å². The van der Waals surface area contributed by atoms with Crippen LogP contribution in [0.3, 0.4) is 0 Å². The number of aryl methyl sites for hydroxylation is 1. The molecule has 0 bridgehead atoms. The molecule has 0 unspecified atom stereocenters. The molecule has 0 saturated heterocycles. The van der Waals surface area contributed by atoms with Crippen LogP contribution in [0.5, 0.6) is 0 Å². The van der Waals surface area contributed by atoms with E-state index in [0.717, 1.165) is 5.69 Å². The molecule has 5 nitrogen and oxygen atoms in total. The van der Waals surface area contributed by atoms with Gasteiger partial charge in [-0.25, -0.2) is 0 Å². The van der Waals surface area contributed by atoms with Crippen LogP contribution in [0, 0.1) is 17.0 Å². The van der Waals surface area contributed by atoms with Crippen LogP contribution >= 0.6 is 11.8 Å². The third kappa shape index (κ3) is 4.19. The van der Waals surface area contributed by atoms with Gasteiger partial charge in [0, 0.05) is 29.6 Å².